The topological polar surface area (TPSA) is 94.1 Å². The molecule has 0 saturated carbocycles. The average Bonchev–Trinajstić information content (AvgIpc) is 2.75. The van der Waals surface area contributed by atoms with Crippen LogP contribution in [0.5, 0.6) is 17.4 Å². The Labute approximate surface area is 170 Å². The van der Waals surface area contributed by atoms with Crippen LogP contribution in [0.3, 0.4) is 0 Å². The van der Waals surface area contributed by atoms with E-state index in [0.717, 1.165) is 5.69 Å². The zero-order valence-electron chi connectivity index (χ0n) is 16.3. The molecular weight excluding hydrogens is 396 g/mol. The number of rotatable bonds is 6. The molecule has 2 aromatic rings. The summed E-state index contributed by atoms with van der Waals surface area (Å²) in [5.41, 5.74) is 0.840. The van der Waals surface area contributed by atoms with Gasteiger partial charge in [-0.2, -0.15) is 9.40 Å². The molecule has 10 heteroatoms. The SMILES string of the molecule is Cc1ccc(OCCN2CCN(S(=O)(=O)c3ccc4c(c3)OCCO4)CC2)nn1. The smallest absolute Gasteiger partial charge is 0.243 e. The Bertz CT molecular complexity index is 944. The second-order valence-electron chi connectivity index (χ2n) is 6.91. The normalized spacial score (nSPS) is 17.8. The molecule has 9 nitrogen and oxygen atoms in total. The van der Waals surface area contributed by atoms with E-state index in [9.17, 15) is 8.42 Å². The second kappa shape index (κ2) is 8.52. The third-order valence-electron chi connectivity index (χ3n) is 4.91. The zero-order chi connectivity index (χ0) is 20.3. The lowest BCUT2D eigenvalue weighted by molar-refractivity contribution is 0.156. The number of sulfonamides is 1. The van der Waals surface area contributed by atoms with Crippen LogP contribution in [0.15, 0.2) is 35.2 Å². The highest BCUT2D eigenvalue weighted by Gasteiger charge is 2.29. The fraction of sp³-hybridized carbons (Fsp3) is 0.474. The van der Waals surface area contributed by atoms with Crippen LogP contribution in [0.4, 0.5) is 0 Å². The van der Waals surface area contributed by atoms with Gasteiger partial charge in [0, 0.05) is 44.9 Å². The van der Waals surface area contributed by atoms with Crippen molar-refractivity contribution in [1.82, 2.24) is 19.4 Å². The van der Waals surface area contributed by atoms with Gasteiger partial charge in [-0.1, -0.05) is 0 Å². The summed E-state index contributed by atoms with van der Waals surface area (Å²) in [6.07, 6.45) is 0. The van der Waals surface area contributed by atoms with E-state index >= 15 is 0 Å². The minimum atomic E-state index is -3.56. The van der Waals surface area contributed by atoms with Crippen LogP contribution < -0.4 is 14.2 Å². The van der Waals surface area contributed by atoms with Crippen molar-refractivity contribution < 1.29 is 22.6 Å². The molecule has 29 heavy (non-hydrogen) atoms. The van der Waals surface area contributed by atoms with Gasteiger partial charge in [0.2, 0.25) is 15.9 Å². The first-order valence-corrected chi connectivity index (χ1v) is 11.0. The van der Waals surface area contributed by atoms with Gasteiger partial charge in [-0.15, -0.1) is 5.10 Å². The summed E-state index contributed by atoms with van der Waals surface area (Å²) >= 11 is 0. The Morgan fingerprint density at radius 3 is 2.48 bits per heavy atom. The van der Waals surface area contributed by atoms with Crippen LogP contribution in [0, 0.1) is 6.92 Å². The van der Waals surface area contributed by atoms with E-state index in [4.69, 9.17) is 14.2 Å². The number of aryl methyl sites for hydroxylation is 1. The maximum atomic E-state index is 13.0. The van der Waals surface area contributed by atoms with Crippen LogP contribution in [-0.2, 0) is 10.0 Å². The van der Waals surface area contributed by atoms with Crippen molar-refractivity contribution in [3.63, 3.8) is 0 Å². The molecule has 1 aromatic heterocycles. The summed E-state index contributed by atoms with van der Waals surface area (Å²) in [5.74, 6) is 1.56. The highest BCUT2D eigenvalue weighted by molar-refractivity contribution is 7.89. The number of benzene rings is 1. The van der Waals surface area contributed by atoms with Gasteiger partial charge in [0.1, 0.15) is 19.8 Å². The average molecular weight is 420 g/mol. The van der Waals surface area contributed by atoms with E-state index in [2.05, 4.69) is 15.1 Å². The lowest BCUT2D eigenvalue weighted by Gasteiger charge is -2.33. The largest absolute Gasteiger partial charge is 0.486 e. The summed E-state index contributed by atoms with van der Waals surface area (Å²) in [5, 5.41) is 7.93. The molecule has 0 bridgehead atoms. The summed E-state index contributed by atoms with van der Waals surface area (Å²) in [6, 6.07) is 8.42. The molecular formula is C19H24N4O5S. The first-order valence-electron chi connectivity index (χ1n) is 9.58. The van der Waals surface area contributed by atoms with Crippen molar-refractivity contribution in [2.24, 2.45) is 0 Å². The molecule has 4 rings (SSSR count). The standard InChI is InChI=1S/C19H24N4O5S/c1-15-2-5-19(21-20-15)28-11-10-22-6-8-23(9-7-22)29(24,25)16-3-4-17-18(14-16)27-13-12-26-17/h2-5,14H,6-13H2,1H3. The lowest BCUT2D eigenvalue weighted by atomic mass is 10.3. The maximum Gasteiger partial charge on any atom is 0.243 e. The number of aromatic nitrogens is 2. The van der Waals surface area contributed by atoms with Crippen molar-refractivity contribution in [3.8, 4) is 17.4 Å². The predicted octanol–water partition coefficient (Wildman–Crippen LogP) is 0.942. The quantitative estimate of drug-likeness (QED) is 0.682. The molecule has 1 fully saturated rings. The first-order chi connectivity index (χ1) is 14.0. The van der Waals surface area contributed by atoms with E-state index in [1.807, 2.05) is 13.0 Å². The summed E-state index contributed by atoms with van der Waals surface area (Å²) in [6.45, 7) is 6.10. The van der Waals surface area contributed by atoms with Gasteiger partial charge in [0.05, 0.1) is 10.6 Å². The monoisotopic (exact) mass is 420 g/mol. The Hall–Kier alpha value is -2.43. The number of fused-ring (bicyclic) bond motifs is 1. The minimum absolute atomic E-state index is 0.233. The van der Waals surface area contributed by atoms with Crippen molar-refractivity contribution >= 4 is 10.0 Å². The van der Waals surface area contributed by atoms with E-state index in [1.165, 1.54) is 4.31 Å². The predicted molar refractivity (Wildman–Crippen MR) is 105 cm³/mol. The van der Waals surface area contributed by atoms with Crippen LogP contribution in [0.2, 0.25) is 0 Å². The van der Waals surface area contributed by atoms with Crippen LogP contribution in [0.1, 0.15) is 5.69 Å². The highest BCUT2D eigenvalue weighted by Crippen LogP contribution is 2.33. The molecule has 0 N–H and O–H groups in total. The van der Waals surface area contributed by atoms with E-state index in [0.29, 0.717) is 69.9 Å². The molecule has 1 saturated heterocycles. The van der Waals surface area contributed by atoms with E-state index in [-0.39, 0.29) is 4.90 Å². The molecule has 3 heterocycles. The highest BCUT2D eigenvalue weighted by atomic mass is 32.2. The fourth-order valence-corrected chi connectivity index (χ4v) is 4.71. The Balaban J connectivity index is 1.30. The van der Waals surface area contributed by atoms with Crippen LogP contribution in [0.25, 0.3) is 0 Å². The number of nitrogens with zero attached hydrogens (tertiary/aromatic N) is 4. The maximum absolute atomic E-state index is 13.0. The molecule has 0 radical (unpaired) electrons. The first kappa shape index (κ1) is 19.9. The summed E-state index contributed by atoms with van der Waals surface area (Å²) < 4.78 is 44.1. The molecule has 0 amide bonds. The summed E-state index contributed by atoms with van der Waals surface area (Å²) in [4.78, 5) is 2.41. The van der Waals surface area contributed by atoms with Gasteiger partial charge in [-0.3, -0.25) is 4.90 Å². The molecule has 2 aliphatic heterocycles. The second-order valence-corrected chi connectivity index (χ2v) is 8.85. The zero-order valence-corrected chi connectivity index (χ0v) is 17.1. The van der Waals surface area contributed by atoms with Gasteiger partial charge in [-0.05, 0) is 25.1 Å². The molecule has 0 atom stereocenters. The molecule has 0 unspecified atom stereocenters. The fourth-order valence-electron chi connectivity index (χ4n) is 3.27. The Kier molecular flexibility index (Phi) is 5.84. The van der Waals surface area contributed by atoms with Crippen LogP contribution in [-0.4, -0.2) is 80.4 Å². The number of piperazine rings is 1. The Morgan fingerprint density at radius 2 is 1.76 bits per heavy atom. The summed E-state index contributed by atoms with van der Waals surface area (Å²) in [7, 11) is -3.56. The number of hydrogen-bond donors (Lipinski definition) is 0. The lowest BCUT2D eigenvalue weighted by Crippen LogP contribution is -2.49. The van der Waals surface area contributed by atoms with Crippen molar-refractivity contribution in [2.75, 3.05) is 52.5 Å². The van der Waals surface area contributed by atoms with Crippen molar-refractivity contribution in [3.05, 3.63) is 36.0 Å². The van der Waals surface area contributed by atoms with Crippen molar-refractivity contribution in [1.29, 1.82) is 0 Å². The third kappa shape index (κ3) is 4.60. The van der Waals surface area contributed by atoms with Gasteiger partial charge in [-0.25, -0.2) is 8.42 Å². The van der Waals surface area contributed by atoms with Gasteiger partial charge >= 0.3 is 0 Å². The molecule has 156 valence electrons. The number of hydrogen-bond acceptors (Lipinski definition) is 8. The van der Waals surface area contributed by atoms with Gasteiger partial charge < -0.3 is 14.2 Å². The van der Waals surface area contributed by atoms with E-state index in [1.54, 1.807) is 24.3 Å². The minimum Gasteiger partial charge on any atom is -0.486 e. The molecule has 0 aliphatic carbocycles. The van der Waals surface area contributed by atoms with Crippen molar-refractivity contribution in [2.45, 2.75) is 11.8 Å². The third-order valence-corrected chi connectivity index (χ3v) is 6.81. The van der Waals surface area contributed by atoms with Gasteiger partial charge in [0.25, 0.3) is 0 Å². The van der Waals surface area contributed by atoms with Crippen LogP contribution >= 0.6 is 0 Å². The Morgan fingerprint density at radius 1 is 1.00 bits per heavy atom. The molecule has 2 aliphatic rings. The number of ether oxygens (including phenoxy) is 3. The van der Waals surface area contributed by atoms with Gasteiger partial charge in [0.15, 0.2) is 11.5 Å². The molecule has 1 aromatic carbocycles. The van der Waals surface area contributed by atoms with E-state index < -0.39 is 10.0 Å². The molecule has 0 spiro atoms.